The molecule has 3 rings (SSSR count). The number of carbonyl (C=O) groups is 2. The number of aliphatic hydroxyl groups is 2. The molecule has 0 aromatic heterocycles. The first-order chi connectivity index (χ1) is 13.3. The van der Waals surface area contributed by atoms with Gasteiger partial charge < -0.3 is 20.4 Å². The number of ketones is 1. The van der Waals surface area contributed by atoms with E-state index in [-0.39, 0.29) is 28.3 Å². The summed E-state index contributed by atoms with van der Waals surface area (Å²) in [5.74, 6) is -1.49. The van der Waals surface area contributed by atoms with Crippen LogP contribution in [0.4, 0.5) is 0 Å². The molecular formula is C21H24N2O5. The first-order valence-corrected chi connectivity index (χ1v) is 9.01. The Labute approximate surface area is 163 Å². The molecule has 0 aliphatic heterocycles. The Balaban J connectivity index is 1.72. The van der Waals surface area contributed by atoms with Crippen molar-refractivity contribution in [1.29, 1.82) is 0 Å². The number of fused-ring (bicyclic) bond motifs is 1. The first kappa shape index (κ1) is 19.7. The van der Waals surface area contributed by atoms with Crippen LogP contribution >= 0.6 is 0 Å². The summed E-state index contributed by atoms with van der Waals surface area (Å²) in [5, 5.41) is 20.3. The number of carbonyl (C=O) groups excluding carboxylic acids is 2. The molecule has 3 aliphatic rings. The lowest BCUT2D eigenvalue weighted by atomic mass is 9.72. The number of allylic oxidation sites excluding steroid dienone is 7. The molecule has 7 heteroatoms. The van der Waals surface area contributed by atoms with Gasteiger partial charge in [0.1, 0.15) is 17.6 Å². The van der Waals surface area contributed by atoms with Crippen LogP contribution in [0, 0.1) is 11.3 Å². The van der Waals surface area contributed by atoms with Crippen LogP contribution in [0.3, 0.4) is 0 Å². The van der Waals surface area contributed by atoms with Gasteiger partial charge in [-0.1, -0.05) is 32.1 Å². The number of methoxy groups -OCH3 is 1. The number of rotatable bonds is 4. The molecule has 4 N–H and O–H groups in total. The van der Waals surface area contributed by atoms with Crippen LogP contribution in [-0.4, -0.2) is 35.1 Å². The van der Waals surface area contributed by atoms with Crippen molar-refractivity contribution in [3.8, 4) is 0 Å². The van der Waals surface area contributed by atoms with E-state index < -0.39 is 17.9 Å². The molecule has 148 valence electrons. The monoisotopic (exact) mass is 384 g/mol. The van der Waals surface area contributed by atoms with Crippen molar-refractivity contribution in [2.75, 3.05) is 7.11 Å². The van der Waals surface area contributed by atoms with E-state index in [0.29, 0.717) is 5.57 Å². The summed E-state index contributed by atoms with van der Waals surface area (Å²) in [7, 11) is 1.43. The zero-order valence-electron chi connectivity index (χ0n) is 16.0. The van der Waals surface area contributed by atoms with E-state index >= 15 is 0 Å². The largest absolute Gasteiger partial charge is 0.507 e. The summed E-state index contributed by atoms with van der Waals surface area (Å²) in [6, 6.07) is 0. The zero-order chi connectivity index (χ0) is 20.5. The molecule has 7 nitrogen and oxygen atoms in total. The molecule has 0 saturated carbocycles. The van der Waals surface area contributed by atoms with Gasteiger partial charge in [0.2, 0.25) is 0 Å². The van der Waals surface area contributed by atoms with Crippen molar-refractivity contribution in [2.45, 2.75) is 26.4 Å². The van der Waals surface area contributed by atoms with Gasteiger partial charge in [-0.05, 0) is 24.1 Å². The maximum absolute atomic E-state index is 12.5. The van der Waals surface area contributed by atoms with E-state index in [0.717, 1.165) is 18.1 Å². The van der Waals surface area contributed by atoms with Crippen LogP contribution in [0.15, 0.2) is 70.9 Å². The maximum atomic E-state index is 12.5. The molecule has 3 unspecified atom stereocenters. The maximum Gasteiger partial charge on any atom is 0.273 e. The molecule has 0 aromatic carbocycles. The lowest BCUT2D eigenvalue weighted by molar-refractivity contribution is -0.126. The molecule has 0 fully saturated rings. The van der Waals surface area contributed by atoms with E-state index in [9.17, 15) is 19.8 Å². The van der Waals surface area contributed by atoms with Gasteiger partial charge in [0, 0.05) is 36.3 Å². The standard InChI is InChI=1S/C21H24N2O5/c1-12-15(16(24)9-17(25)19(12)28-3)11-22-23-20(27)14-8-13-6-4-5-7-21(13,2)10-18(14)26/h4-6,8-12,19,22,24,26H,7H2,1-3H3,(H,23,27). The Morgan fingerprint density at radius 2 is 2.07 bits per heavy atom. The molecule has 0 aromatic rings. The van der Waals surface area contributed by atoms with Crippen LogP contribution in [0.2, 0.25) is 0 Å². The minimum absolute atomic E-state index is 0.0827. The third-order valence-electron chi connectivity index (χ3n) is 5.36. The molecule has 0 heterocycles. The van der Waals surface area contributed by atoms with Gasteiger partial charge in [-0.25, -0.2) is 0 Å². The smallest absolute Gasteiger partial charge is 0.273 e. The second-order valence-corrected chi connectivity index (χ2v) is 7.33. The lowest BCUT2D eigenvalue weighted by Gasteiger charge is -2.32. The van der Waals surface area contributed by atoms with Gasteiger partial charge in [0.15, 0.2) is 5.78 Å². The number of ether oxygens (including phenoxy) is 1. The van der Waals surface area contributed by atoms with Gasteiger partial charge in [-0.15, -0.1) is 0 Å². The molecule has 0 spiro atoms. The number of hydrogen-bond donors (Lipinski definition) is 4. The second-order valence-electron chi connectivity index (χ2n) is 7.33. The topological polar surface area (TPSA) is 108 Å². The highest BCUT2D eigenvalue weighted by Gasteiger charge is 2.34. The number of hydrazine groups is 1. The van der Waals surface area contributed by atoms with Crippen molar-refractivity contribution >= 4 is 11.7 Å². The van der Waals surface area contributed by atoms with Crippen LogP contribution < -0.4 is 10.9 Å². The molecule has 3 atom stereocenters. The van der Waals surface area contributed by atoms with Crippen molar-refractivity contribution in [2.24, 2.45) is 11.3 Å². The second kappa shape index (κ2) is 7.52. The number of aliphatic hydroxyl groups excluding tert-OH is 2. The van der Waals surface area contributed by atoms with Gasteiger partial charge in [-0.3, -0.25) is 15.0 Å². The fraction of sp³-hybridized carbons (Fsp3) is 0.333. The lowest BCUT2D eigenvalue weighted by Crippen LogP contribution is -2.39. The van der Waals surface area contributed by atoms with Gasteiger partial charge in [-0.2, -0.15) is 0 Å². The predicted octanol–water partition coefficient (Wildman–Crippen LogP) is 2.44. The molecule has 28 heavy (non-hydrogen) atoms. The summed E-state index contributed by atoms with van der Waals surface area (Å²) in [4.78, 5) is 24.3. The van der Waals surface area contributed by atoms with E-state index in [1.807, 2.05) is 25.2 Å². The summed E-state index contributed by atoms with van der Waals surface area (Å²) < 4.78 is 5.17. The minimum atomic E-state index is -0.698. The van der Waals surface area contributed by atoms with Gasteiger partial charge >= 0.3 is 0 Å². The molecule has 0 radical (unpaired) electrons. The summed E-state index contributed by atoms with van der Waals surface area (Å²) in [5.41, 5.74) is 6.30. The van der Waals surface area contributed by atoms with Crippen molar-refractivity contribution in [3.05, 3.63) is 70.9 Å². The summed E-state index contributed by atoms with van der Waals surface area (Å²) in [6.45, 7) is 3.74. The highest BCUT2D eigenvalue weighted by molar-refractivity contribution is 5.98. The van der Waals surface area contributed by atoms with E-state index in [2.05, 4.69) is 10.9 Å². The molecule has 0 saturated heterocycles. The minimum Gasteiger partial charge on any atom is -0.507 e. The third-order valence-corrected chi connectivity index (χ3v) is 5.36. The van der Waals surface area contributed by atoms with Crippen LogP contribution in [-0.2, 0) is 14.3 Å². The van der Waals surface area contributed by atoms with Crippen LogP contribution in [0.5, 0.6) is 0 Å². The fourth-order valence-electron chi connectivity index (χ4n) is 3.65. The van der Waals surface area contributed by atoms with E-state index in [1.165, 1.54) is 13.3 Å². The number of nitrogens with one attached hydrogen (secondary N) is 2. The Morgan fingerprint density at radius 3 is 2.79 bits per heavy atom. The van der Waals surface area contributed by atoms with Crippen LogP contribution in [0.25, 0.3) is 0 Å². The third kappa shape index (κ3) is 3.53. The van der Waals surface area contributed by atoms with Crippen LogP contribution in [0.1, 0.15) is 20.3 Å². The van der Waals surface area contributed by atoms with Gasteiger partial charge in [0.25, 0.3) is 5.91 Å². The number of hydrogen-bond acceptors (Lipinski definition) is 6. The van der Waals surface area contributed by atoms with Gasteiger partial charge in [0.05, 0.1) is 5.57 Å². The van der Waals surface area contributed by atoms with E-state index in [4.69, 9.17) is 4.74 Å². The van der Waals surface area contributed by atoms with Crippen molar-refractivity contribution in [3.63, 3.8) is 0 Å². The Hall–Kier alpha value is -3.06. The van der Waals surface area contributed by atoms with Crippen molar-refractivity contribution < 1.29 is 24.5 Å². The Kier molecular flexibility index (Phi) is 5.29. The fourth-order valence-corrected chi connectivity index (χ4v) is 3.65. The normalized spacial score (nSPS) is 30.7. The summed E-state index contributed by atoms with van der Waals surface area (Å²) in [6.07, 6.45) is 11.8. The Morgan fingerprint density at radius 1 is 1.32 bits per heavy atom. The zero-order valence-corrected chi connectivity index (χ0v) is 16.0. The average molecular weight is 384 g/mol. The quantitative estimate of drug-likeness (QED) is 0.555. The molecule has 3 aliphatic carbocycles. The summed E-state index contributed by atoms with van der Waals surface area (Å²) >= 11 is 0. The van der Waals surface area contributed by atoms with Crippen molar-refractivity contribution in [1.82, 2.24) is 10.9 Å². The molecule has 0 bridgehead atoms. The number of amides is 1. The highest BCUT2D eigenvalue weighted by Crippen LogP contribution is 2.41. The Bertz CT molecular complexity index is 890. The first-order valence-electron chi connectivity index (χ1n) is 9.01. The SMILES string of the molecule is COC1C(=O)C=C(O)C(=CNNC(=O)C2=CC3=CC=CCC3(C)C=C2O)C1C. The van der Waals surface area contributed by atoms with E-state index in [1.54, 1.807) is 19.1 Å². The molecule has 1 amide bonds. The average Bonchev–Trinajstić information content (AvgIpc) is 2.63. The molecular weight excluding hydrogens is 360 g/mol. The highest BCUT2D eigenvalue weighted by atomic mass is 16.5. The predicted molar refractivity (Wildman–Crippen MR) is 104 cm³/mol.